The van der Waals surface area contributed by atoms with Gasteiger partial charge in [0.15, 0.2) is 0 Å². The quantitative estimate of drug-likeness (QED) is 0.522. The molecule has 0 aliphatic carbocycles. The van der Waals surface area contributed by atoms with Gasteiger partial charge in [0, 0.05) is 6.08 Å². The molecule has 0 unspecified atom stereocenters. The minimum Gasteiger partial charge on any atom is -0.466 e. The Hall–Kier alpha value is -2.43. The molecule has 24 heavy (non-hydrogen) atoms. The van der Waals surface area contributed by atoms with E-state index in [1.54, 1.807) is 6.08 Å². The van der Waals surface area contributed by atoms with Crippen molar-refractivity contribution in [2.75, 3.05) is 13.7 Å². The molecular formula is C20H22O4. The van der Waals surface area contributed by atoms with Crippen molar-refractivity contribution < 1.29 is 19.0 Å². The molecular weight excluding hydrogens is 304 g/mol. The van der Waals surface area contributed by atoms with E-state index < -0.39 is 5.97 Å². The first-order chi connectivity index (χ1) is 11.8. The van der Waals surface area contributed by atoms with Gasteiger partial charge in [-0.25, -0.2) is 4.79 Å². The van der Waals surface area contributed by atoms with Crippen molar-refractivity contribution in [2.45, 2.75) is 19.3 Å². The number of esters is 1. The molecule has 2 rings (SSSR count). The normalized spacial score (nSPS) is 12.2. The molecule has 0 saturated heterocycles. The highest BCUT2D eigenvalue weighted by molar-refractivity contribution is 5.81. The Morgan fingerprint density at radius 1 is 0.958 bits per heavy atom. The highest BCUT2D eigenvalue weighted by Crippen LogP contribution is 2.07. The summed E-state index contributed by atoms with van der Waals surface area (Å²) in [6.45, 7) is 1.30. The molecule has 2 aromatic rings. The fourth-order valence-electron chi connectivity index (χ4n) is 2.06. The van der Waals surface area contributed by atoms with Gasteiger partial charge in [0.05, 0.1) is 33.0 Å². The molecule has 0 aromatic heterocycles. The van der Waals surface area contributed by atoms with Gasteiger partial charge in [-0.2, -0.15) is 0 Å². The van der Waals surface area contributed by atoms with Crippen LogP contribution in [-0.2, 0) is 32.2 Å². The maximum Gasteiger partial charge on any atom is 0.330 e. The van der Waals surface area contributed by atoms with Crippen LogP contribution < -0.4 is 0 Å². The Morgan fingerprint density at radius 2 is 1.54 bits per heavy atom. The van der Waals surface area contributed by atoms with Gasteiger partial charge in [0.2, 0.25) is 0 Å². The van der Waals surface area contributed by atoms with E-state index in [-0.39, 0.29) is 6.10 Å². The van der Waals surface area contributed by atoms with Gasteiger partial charge < -0.3 is 14.2 Å². The van der Waals surface area contributed by atoms with Gasteiger partial charge in [0.1, 0.15) is 0 Å². The second-order valence-corrected chi connectivity index (χ2v) is 5.22. The van der Waals surface area contributed by atoms with Crippen LogP contribution >= 0.6 is 0 Å². The number of methoxy groups -OCH3 is 1. The summed E-state index contributed by atoms with van der Waals surface area (Å²) in [5.41, 5.74) is 2.16. The minimum atomic E-state index is -0.411. The molecule has 0 amide bonds. The molecule has 0 saturated carbocycles. The van der Waals surface area contributed by atoms with E-state index in [0.29, 0.717) is 19.8 Å². The first-order valence-electron chi connectivity index (χ1n) is 7.81. The minimum absolute atomic E-state index is 0.326. The van der Waals surface area contributed by atoms with Gasteiger partial charge in [-0.3, -0.25) is 0 Å². The van der Waals surface area contributed by atoms with Crippen molar-refractivity contribution in [2.24, 2.45) is 0 Å². The number of hydrogen-bond donors (Lipinski definition) is 0. The van der Waals surface area contributed by atoms with E-state index in [4.69, 9.17) is 9.47 Å². The summed E-state index contributed by atoms with van der Waals surface area (Å²) in [5, 5.41) is 0. The molecule has 0 heterocycles. The smallest absolute Gasteiger partial charge is 0.330 e. The maximum absolute atomic E-state index is 11.3. The molecule has 4 nitrogen and oxygen atoms in total. The lowest BCUT2D eigenvalue weighted by atomic mass is 10.2. The second kappa shape index (κ2) is 10.4. The highest BCUT2D eigenvalue weighted by Gasteiger charge is 2.08. The summed E-state index contributed by atoms with van der Waals surface area (Å²) in [5.74, 6) is -0.411. The molecule has 0 N–H and O–H groups in total. The highest BCUT2D eigenvalue weighted by atomic mass is 16.5. The largest absolute Gasteiger partial charge is 0.466 e. The number of benzene rings is 2. The molecule has 0 spiro atoms. The molecule has 0 radical (unpaired) electrons. The first-order valence-corrected chi connectivity index (χ1v) is 7.81. The SMILES string of the molecule is COC(=O)/C=C\[C@@H](COCc1ccccc1)OCc1ccccc1. The Balaban J connectivity index is 1.86. The van der Waals surface area contributed by atoms with Crippen LogP contribution in [0.15, 0.2) is 72.8 Å². The first kappa shape index (κ1) is 17.9. The molecule has 0 aliphatic rings. The zero-order valence-electron chi connectivity index (χ0n) is 13.8. The average Bonchev–Trinajstić information content (AvgIpc) is 2.65. The van der Waals surface area contributed by atoms with Crippen LogP contribution in [-0.4, -0.2) is 25.8 Å². The summed E-state index contributed by atoms with van der Waals surface area (Å²) in [6, 6.07) is 19.8. The van der Waals surface area contributed by atoms with Gasteiger partial charge in [-0.1, -0.05) is 60.7 Å². The Bertz CT molecular complexity index is 623. The van der Waals surface area contributed by atoms with Crippen LogP contribution in [0.2, 0.25) is 0 Å². The van der Waals surface area contributed by atoms with E-state index in [9.17, 15) is 4.79 Å². The predicted octanol–water partition coefficient (Wildman–Crippen LogP) is 3.52. The van der Waals surface area contributed by atoms with Crippen molar-refractivity contribution >= 4 is 5.97 Å². The van der Waals surface area contributed by atoms with E-state index in [2.05, 4.69) is 4.74 Å². The summed E-state index contributed by atoms with van der Waals surface area (Å²) in [4.78, 5) is 11.3. The molecule has 0 aliphatic heterocycles. The van der Waals surface area contributed by atoms with Gasteiger partial charge in [0.25, 0.3) is 0 Å². The molecule has 4 heteroatoms. The maximum atomic E-state index is 11.3. The van der Waals surface area contributed by atoms with Crippen molar-refractivity contribution in [1.82, 2.24) is 0 Å². The lowest BCUT2D eigenvalue weighted by Crippen LogP contribution is -2.18. The fraction of sp³-hybridized carbons (Fsp3) is 0.250. The monoisotopic (exact) mass is 326 g/mol. The van der Waals surface area contributed by atoms with Crippen LogP contribution in [0.25, 0.3) is 0 Å². The Labute approximate surface area is 142 Å². The van der Waals surface area contributed by atoms with Gasteiger partial charge in [-0.05, 0) is 17.2 Å². The van der Waals surface area contributed by atoms with Crippen molar-refractivity contribution in [3.8, 4) is 0 Å². The van der Waals surface area contributed by atoms with E-state index in [0.717, 1.165) is 11.1 Å². The summed E-state index contributed by atoms with van der Waals surface area (Å²) >= 11 is 0. The third-order valence-corrected chi connectivity index (χ3v) is 3.35. The molecule has 126 valence electrons. The Kier molecular flexibility index (Phi) is 7.74. The van der Waals surface area contributed by atoms with Crippen LogP contribution in [0.3, 0.4) is 0 Å². The molecule has 2 aromatic carbocycles. The van der Waals surface area contributed by atoms with E-state index in [1.165, 1.54) is 13.2 Å². The molecule has 0 bridgehead atoms. The Morgan fingerprint density at radius 3 is 2.12 bits per heavy atom. The molecule has 1 atom stereocenters. The third-order valence-electron chi connectivity index (χ3n) is 3.35. The number of rotatable bonds is 9. The lowest BCUT2D eigenvalue weighted by Gasteiger charge is -2.15. The molecule has 0 fully saturated rings. The summed E-state index contributed by atoms with van der Waals surface area (Å²) < 4.78 is 16.2. The standard InChI is InChI=1S/C20H22O4/c1-22-20(21)13-12-19(24-15-18-10-6-3-7-11-18)16-23-14-17-8-4-2-5-9-17/h2-13,19H,14-16H2,1H3/b13-12-/t19-/m0/s1. The lowest BCUT2D eigenvalue weighted by molar-refractivity contribution is -0.134. The van der Waals surface area contributed by atoms with Gasteiger partial charge in [-0.15, -0.1) is 0 Å². The van der Waals surface area contributed by atoms with Crippen molar-refractivity contribution in [3.63, 3.8) is 0 Å². The van der Waals surface area contributed by atoms with Crippen LogP contribution in [0, 0.1) is 0 Å². The van der Waals surface area contributed by atoms with E-state index >= 15 is 0 Å². The number of carbonyl (C=O) groups excluding carboxylic acids is 1. The second-order valence-electron chi connectivity index (χ2n) is 5.22. The van der Waals surface area contributed by atoms with Crippen molar-refractivity contribution in [3.05, 3.63) is 83.9 Å². The topological polar surface area (TPSA) is 44.8 Å². The van der Waals surface area contributed by atoms with Crippen molar-refractivity contribution in [1.29, 1.82) is 0 Å². The number of carbonyl (C=O) groups is 1. The van der Waals surface area contributed by atoms with E-state index in [1.807, 2.05) is 60.7 Å². The van der Waals surface area contributed by atoms with Gasteiger partial charge >= 0.3 is 5.97 Å². The zero-order chi connectivity index (χ0) is 17.0. The average molecular weight is 326 g/mol. The summed E-state index contributed by atoms with van der Waals surface area (Å²) in [6.07, 6.45) is 2.70. The number of ether oxygens (including phenoxy) is 3. The van der Waals surface area contributed by atoms with Crippen LogP contribution in [0.5, 0.6) is 0 Å². The van der Waals surface area contributed by atoms with Crippen LogP contribution in [0.4, 0.5) is 0 Å². The fourth-order valence-corrected chi connectivity index (χ4v) is 2.06. The zero-order valence-corrected chi connectivity index (χ0v) is 13.8. The number of hydrogen-bond acceptors (Lipinski definition) is 4. The predicted molar refractivity (Wildman–Crippen MR) is 92.3 cm³/mol. The van der Waals surface area contributed by atoms with Crippen LogP contribution in [0.1, 0.15) is 11.1 Å². The third kappa shape index (κ3) is 6.77. The summed E-state index contributed by atoms with van der Waals surface area (Å²) in [7, 11) is 1.35.